The fourth-order valence-electron chi connectivity index (χ4n) is 2.91. The van der Waals surface area contributed by atoms with Gasteiger partial charge < -0.3 is 20.1 Å². The van der Waals surface area contributed by atoms with Crippen molar-refractivity contribution in [1.82, 2.24) is 10.6 Å². The number of rotatable bonds is 8. The molecule has 0 spiro atoms. The fourth-order valence-corrected chi connectivity index (χ4v) is 2.91. The molecule has 3 rings (SSSR count). The van der Waals surface area contributed by atoms with Crippen LogP contribution in [0.3, 0.4) is 0 Å². The molecule has 2 N–H and O–H groups in total. The number of hydrogen-bond acceptors (Lipinski definition) is 4. The van der Waals surface area contributed by atoms with E-state index < -0.39 is 0 Å². The van der Waals surface area contributed by atoms with E-state index in [1.807, 2.05) is 43.3 Å². The largest absolute Gasteiger partial charge is 0.497 e. The number of carbonyl (C=O) groups excluding carboxylic acids is 2. The third kappa shape index (κ3) is 5.48. The summed E-state index contributed by atoms with van der Waals surface area (Å²) in [6.45, 7) is 2.77. The minimum atomic E-state index is -0.303. The first-order chi connectivity index (χ1) is 14.1. The Hall–Kier alpha value is -3.54. The van der Waals surface area contributed by atoms with Crippen LogP contribution in [-0.2, 0) is 11.3 Å². The zero-order valence-electron chi connectivity index (χ0n) is 16.5. The molecule has 29 heavy (non-hydrogen) atoms. The van der Waals surface area contributed by atoms with Crippen LogP contribution in [0, 0.1) is 0 Å². The van der Waals surface area contributed by atoms with Crippen LogP contribution in [0.1, 0.15) is 22.8 Å². The lowest BCUT2D eigenvalue weighted by molar-refractivity contribution is -0.120. The Morgan fingerprint density at radius 2 is 1.55 bits per heavy atom. The topological polar surface area (TPSA) is 76.7 Å². The lowest BCUT2D eigenvalue weighted by Crippen LogP contribution is -2.36. The maximum atomic E-state index is 12.1. The van der Waals surface area contributed by atoms with Crippen LogP contribution in [0.5, 0.6) is 11.5 Å². The standard InChI is InChI=1S/C23H24N2O4/c1-3-29-20-9-6-17(7-10-20)23(27)25-15-22(26)24-14-16-4-5-19-13-21(28-2)11-8-18(19)12-16/h4-13H,3,14-15H2,1-2H3,(H,24,26)(H,25,27). The highest BCUT2D eigenvalue weighted by Crippen LogP contribution is 2.21. The summed E-state index contributed by atoms with van der Waals surface area (Å²) in [5, 5.41) is 7.59. The number of fused-ring (bicyclic) bond motifs is 1. The Morgan fingerprint density at radius 1 is 0.862 bits per heavy atom. The number of carbonyl (C=O) groups is 2. The zero-order valence-corrected chi connectivity index (χ0v) is 16.5. The molecule has 3 aromatic carbocycles. The van der Waals surface area contributed by atoms with E-state index in [0.717, 1.165) is 22.1 Å². The van der Waals surface area contributed by atoms with E-state index in [2.05, 4.69) is 10.6 Å². The average molecular weight is 392 g/mol. The van der Waals surface area contributed by atoms with Crippen LogP contribution in [-0.4, -0.2) is 32.1 Å². The van der Waals surface area contributed by atoms with E-state index in [1.54, 1.807) is 31.4 Å². The van der Waals surface area contributed by atoms with E-state index in [-0.39, 0.29) is 18.4 Å². The molecule has 0 heterocycles. The van der Waals surface area contributed by atoms with Crippen molar-refractivity contribution in [3.63, 3.8) is 0 Å². The second kappa shape index (κ2) is 9.59. The summed E-state index contributed by atoms with van der Waals surface area (Å²) in [5.74, 6) is 0.958. The molecule has 0 bridgehead atoms. The summed E-state index contributed by atoms with van der Waals surface area (Å²) in [6.07, 6.45) is 0. The predicted molar refractivity (Wildman–Crippen MR) is 112 cm³/mol. The monoisotopic (exact) mass is 392 g/mol. The molecule has 0 aliphatic heterocycles. The van der Waals surface area contributed by atoms with Gasteiger partial charge in [0.25, 0.3) is 5.91 Å². The summed E-state index contributed by atoms with van der Waals surface area (Å²) in [4.78, 5) is 24.2. The van der Waals surface area contributed by atoms with Crippen molar-refractivity contribution < 1.29 is 19.1 Å². The molecule has 0 unspecified atom stereocenters. The second-order valence-corrected chi connectivity index (χ2v) is 6.46. The number of ether oxygens (including phenoxy) is 2. The van der Waals surface area contributed by atoms with Gasteiger partial charge in [-0.25, -0.2) is 0 Å². The number of methoxy groups -OCH3 is 1. The van der Waals surface area contributed by atoms with Crippen LogP contribution in [0.2, 0.25) is 0 Å². The highest BCUT2D eigenvalue weighted by Gasteiger charge is 2.08. The van der Waals surface area contributed by atoms with Crippen molar-refractivity contribution in [2.24, 2.45) is 0 Å². The maximum Gasteiger partial charge on any atom is 0.251 e. The maximum absolute atomic E-state index is 12.1. The minimum absolute atomic E-state index is 0.0865. The molecular formula is C23H24N2O4. The lowest BCUT2D eigenvalue weighted by Gasteiger charge is -2.09. The van der Waals surface area contributed by atoms with E-state index in [4.69, 9.17) is 9.47 Å². The summed E-state index contributed by atoms with van der Waals surface area (Å²) in [6, 6.07) is 18.6. The molecule has 6 nitrogen and oxygen atoms in total. The number of benzene rings is 3. The van der Waals surface area contributed by atoms with Gasteiger partial charge in [0.15, 0.2) is 0 Å². The lowest BCUT2D eigenvalue weighted by atomic mass is 10.1. The molecule has 0 aromatic heterocycles. The summed E-state index contributed by atoms with van der Waals surface area (Å²) in [7, 11) is 1.64. The Balaban J connectivity index is 1.49. The first-order valence-electron chi connectivity index (χ1n) is 9.43. The van der Waals surface area contributed by atoms with Gasteiger partial charge in [-0.1, -0.05) is 18.2 Å². The zero-order chi connectivity index (χ0) is 20.6. The predicted octanol–water partition coefficient (Wildman–Crippen LogP) is 3.29. The molecule has 0 saturated heterocycles. The van der Waals surface area contributed by atoms with Crippen molar-refractivity contribution in [3.05, 3.63) is 71.8 Å². The van der Waals surface area contributed by atoms with Crippen LogP contribution in [0.25, 0.3) is 10.8 Å². The second-order valence-electron chi connectivity index (χ2n) is 6.46. The fraction of sp³-hybridized carbons (Fsp3) is 0.217. The Labute approximate surface area is 169 Å². The molecule has 0 saturated carbocycles. The Kier molecular flexibility index (Phi) is 6.68. The Morgan fingerprint density at radius 3 is 2.28 bits per heavy atom. The van der Waals surface area contributed by atoms with Crippen molar-refractivity contribution >= 4 is 22.6 Å². The molecule has 3 aromatic rings. The first-order valence-corrected chi connectivity index (χ1v) is 9.43. The first kappa shape index (κ1) is 20.2. The van der Waals surface area contributed by atoms with Gasteiger partial charge in [-0.15, -0.1) is 0 Å². The number of amides is 2. The van der Waals surface area contributed by atoms with Gasteiger partial charge in [0.2, 0.25) is 5.91 Å². The van der Waals surface area contributed by atoms with E-state index >= 15 is 0 Å². The summed E-state index contributed by atoms with van der Waals surface area (Å²) < 4.78 is 10.6. The molecule has 0 aliphatic rings. The average Bonchev–Trinajstić information content (AvgIpc) is 2.76. The van der Waals surface area contributed by atoms with Gasteiger partial charge >= 0.3 is 0 Å². The summed E-state index contributed by atoms with van der Waals surface area (Å²) >= 11 is 0. The van der Waals surface area contributed by atoms with Crippen molar-refractivity contribution in [2.45, 2.75) is 13.5 Å². The van der Waals surface area contributed by atoms with E-state index in [0.29, 0.717) is 24.5 Å². The van der Waals surface area contributed by atoms with Crippen molar-refractivity contribution in [2.75, 3.05) is 20.3 Å². The summed E-state index contributed by atoms with van der Waals surface area (Å²) in [5.41, 5.74) is 1.46. The van der Waals surface area contributed by atoms with Crippen LogP contribution < -0.4 is 20.1 Å². The van der Waals surface area contributed by atoms with Gasteiger partial charge in [0.05, 0.1) is 20.3 Å². The molecule has 0 radical (unpaired) electrons. The third-order valence-corrected chi connectivity index (χ3v) is 4.44. The van der Waals surface area contributed by atoms with Gasteiger partial charge in [-0.2, -0.15) is 0 Å². The van der Waals surface area contributed by atoms with Crippen LogP contribution >= 0.6 is 0 Å². The third-order valence-electron chi connectivity index (χ3n) is 4.44. The smallest absolute Gasteiger partial charge is 0.251 e. The van der Waals surface area contributed by atoms with Gasteiger partial charge in [-0.3, -0.25) is 9.59 Å². The Bertz CT molecular complexity index is 999. The molecule has 150 valence electrons. The highest BCUT2D eigenvalue weighted by molar-refractivity contribution is 5.96. The van der Waals surface area contributed by atoms with Gasteiger partial charge in [0.1, 0.15) is 11.5 Å². The van der Waals surface area contributed by atoms with Gasteiger partial charge in [-0.05, 0) is 65.7 Å². The van der Waals surface area contributed by atoms with Crippen LogP contribution in [0.15, 0.2) is 60.7 Å². The van der Waals surface area contributed by atoms with E-state index in [1.165, 1.54) is 0 Å². The SMILES string of the molecule is CCOc1ccc(C(=O)NCC(=O)NCc2ccc3cc(OC)ccc3c2)cc1. The van der Waals surface area contributed by atoms with Crippen molar-refractivity contribution in [3.8, 4) is 11.5 Å². The quantitative estimate of drug-likeness (QED) is 0.617. The molecule has 0 fully saturated rings. The normalized spacial score (nSPS) is 10.4. The van der Waals surface area contributed by atoms with Crippen molar-refractivity contribution in [1.29, 1.82) is 0 Å². The molecule has 2 amide bonds. The molecule has 6 heteroatoms. The minimum Gasteiger partial charge on any atom is -0.497 e. The molecule has 0 aliphatic carbocycles. The molecular weight excluding hydrogens is 368 g/mol. The van der Waals surface area contributed by atoms with Crippen LogP contribution in [0.4, 0.5) is 0 Å². The molecule has 0 atom stereocenters. The number of hydrogen-bond donors (Lipinski definition) is 2. The highest BCUT2D eigenvalue weighted by atomic mass is 16.5. The van der Waals surface area contributed by atoms with E-state index in [9.17, 15) is 9.59 Å². The number of nitrogens with one attached hydrogen (secondary N) is 2. The van der Waals surface area contributed by atoms with Gasteiger partial charge in [0, 0.05) is 12.1 Å².